The van der Waals surface area contributed by atoms with Crippen LogP contribution in [0, 0.1) is 0 Å². The number of anilines is 1. The number of hydrogen-bond acceptors (Lipinski definition) is 5. The minimum Gasteiger partial charge on any atom is -0.399 e. The first-order valence-corrected chi connectivity index (χ1v) is 8.50. The molecule has 0 bridgehead atoms. The van der Waals surface area contributed by atoms with Crippen molar-refractivity contribution in [2.45, 2.75) is 24.8 Å². The Hall–Kier alpha value is -1.60. The first-order valence-electron chi connectivity index (χ1n) is 6.61. The van der Waals surface area contributed by atoms with E-state index in [2.05, 4.69) is 0 Å². The lowest BCUT2D eigenvalue weighted by molar-refractivity contribution is 0.0579. The summed E-state index contributed by atoms with van der Waals surface area (Å²) in [4.78, 5) is 14.2. The lowest BCUT2D eigenvalue weighted by atomic mass is 10.1. The van der Waals surface area contributed by atoms with Gasteiger partial charge in [0.25, 0.3) is 5.91 Å². The SMILES string of the molecule is CCN(C(=O)c1cc(N)cc(S(C)(=O)=O)c1)C(C)COC. The molecule has 2 N–H and O–H groups in total. The Morgan fingerprint density at radius 2 is 2.00 bits per heavy atom. The van der Waals surface area contributed by atoms with Crippen molar-refractivity contribution in [3.8, 4) is 0 Å². The van der Waals surface area contributed by atoms with E-state index in [4.69, 9.17) is 10.5 Å². The quantitative estimate of drug-likeness (QED) is 0.796. The van der Waals surface area contributed by atoms with Gasteiger partial charge in [0, 0.05) is 31.2 Å². The molecule has 1 unspecified atom stereocenters. The predicted octanol–water partition coefficient (Wildman–Crippen LogP) is 1.17. The van der Waals surface area contributed by atoms with Crippen molar-refractivity contribution in [2.75, 3.05) is 32.3 Å². The van der Waals surface area contributed by atoms with Crippen LogP contribution in [-0.4, -0.2) is 51.8 Å². The summed E-state index contributed by atoms with van der Waals surface area (Å²) in [5.41, 5.74) is 6.22. The summed E-state index contributed by atoms with van der Waals surface area (Å²) in [5, 5.41) is 0. The van der Waals surface area contributed by atoms with Gasteiger partial charge >= 0.3 is 0 Å². The summed E-state index contributed by atoms with van der Waals surface area (Å²) < 4.78 is 28.3. The van der Waals surface area contributed by atoms with E-state index in [1.807, 2.05) is 13.8 Å². The molecule has 0 aromatic heterocycles. The van der Waals surface area contributed by atoms with Gasteiger partial charge in [-0.05, 0) is 32.0 Å². The van der Waals surface area contributed by atoms with Crippen LogP contribution in [-0.2, 0) is 14.6 Å². The number of ether oxygens (including phenoxy) is 1. The van der Waals surface area contributed by atoms with Crippen LogP contribution in [0.2, 0.25) is 0 Å². The Balaban J connectivity index is 3.20. The summed E-state index contributed by atoms with van der Waals surface area (Å²) in [6.45, 7) is 4.62. The van der Waals surface area contributed by atoms with E-state index in [0.717, 1.165) is 6.26 Å². The smallest absolute Gasteiger partial charge is 0.254 e. The van der Waals surface area contributed by atoms with Gasteiger partial charge in [0.15, 0.2) is 9.84 Å². The zero-order valence-electron chi connectivity index (χ0n) is 12.8. The van der Waals surface area contributed by atoms with E-state index in [-0.39, 0.29) is 28.1 Å². The second-order valence-electron chi connectivity index (χ2n) is 4.96. The minimum absolute atomic E-state index is 0.0429. The molecule has 0 aliphatic rings. The molecule has 21 heavy (non-hydrogen) atoms. The molecule has 118 valence electrons. The molecule has 1 rings (SSSR count). The van der Waals surface area contributed by atoms with Gasteiger partial charge in [-0.2, -0.15) is 0 Å². The number of amides is 1. The molecule has 0 radical (unpaired) electrons. The van der Waals surface area contributed by atoms with Gasteiger partial charge in [-0.15, -0.1) is 0 Å². The largest absolute Gasteiger partial charge is 0.399 e. The van der Waals surface area contributed by atoms with Crippen molar-refractivity contribution in [2.24, 2.45) is 0 Å². The highest BCUT2D eigenvalue weighted by molar-refractivity contribution is 7.90. The molecule has 0 aliphatic heterocycles. The van der Waals surface area contributed by atoms with Crippen LogP contribution in [0.15, 0.2) is 23.1 Å². The van der Waals surface area contributed by atoms with Gasteiger partial charge in [-0.1, -0.05) is 0 Å². The highest BCUT2D eigenvalue weighted by atomic mass is 32.2. The molecule has 1 atom stereocenters. The predicted molar refractivity (Wildman–Crippen MR) is 82.0 cm³/mol. The lowest BCUT2D eigenvalue weighted by Gasteiger charge is -2.27. The maximum Gasteiger partial charge on any atom is 0.254 e. The number of benzene rings is 1. The van der Waals surface area contributed by atoms with Gasteiger partial charge in [0.1, 0.15) is 0 Å². The van der Waals surface area contributed by atoms with Gasteiger partial charge in [-0.3, -0.25) is 4.79 Å². The lowest BCUT2D eigenvalue weighted by Crippen LogP contribution is -2.41. The number of nitrogens with two attached hydrogens (primary N) is 1. The van der Waals surface area contributed by atoms with E-state index in [9.17, 15) is 13.2 Å². The zero-order valence-corrected chi connectivity index (χ0v) is 13.6. The number of nitrogens with zero attached hydrogens (tertiary/aromatic N) is 1. The third-order valence-electron chi connectivity index (χ3n) is 3.15. The number of methoxy groups -OCH3 is 1. The van der Waals surface area contributed by atoms with E-state index in [1.165, 1.54) is 18.2 Å². The van der Waals surface area contributed by atoms with Crippen LogP contribution >= 0.6 is 0 Å². The molecule has 1 aromatic rings. The Labute approximate surface area is 125 Å². The van der Waals surface area contributed by atoms with Crippen LogP contribution in [0.5, 0.6) is 0 Å². The van der Waals surface area contributed by atoms with Gasteiger partial charge < -0.3 is 15.4 Å². The fraction of sp³-hybridized carbons (Fsp3) is 0.500. The molecule has 0 heterocycles. The maximum absolute atomic E-state index is 12.5. The van der Waals surface area contributed by atoms with Crippen LogP contribution < -0.4 is 5.73 Å². The summed E-state index contributed by atoms with van der Waals surface area (Å²) in [6.07, 6.45) is 1.08. The van der Waals surface area contributed by atoms with E-state index >= 15 is 0 Å². The number of rotatable bonds is 6. The Morgan fingerprint density at radius 1 is 1.38 bits per heavy atom. The number of likely N-dealkylation sites (N-methyl/N-ethyl adjacent to an activating group) is 1. The van der Waals surface area contributed by atoms with Crippen LogP contribution in [0.1, 0.15) is 24.2 Å². The molecular weight excluding hydrogens is 292 g/mol. The molecule has 0 spiro atoms. The average molecular weight is 314 g/mol. The average Bonchev–Trinajstić information content (AvgIpc) is 2.38. The van der Waals surface area contributed by atoms with Gasteiger partial charge in [0.05, 0.1) is 17.5 Å². The van der Waals surface area contributed by atoms with Gasteiger partial charge in [0.2, 0.25) is 0 Å². The van der Waals surface area contributed by atoms with Crippen LogP contribution in [0.4, 0.5) is 5.69 Å². The van der Waals surface area contributed by atoms with Crippen molar-refractivity contribution in [3.05, 3.63) is 23.8 Å². The zero-order chi connectivity index (χ0) is 16.2. The van der Waals surface area contributed by atoms with Crippen molar-refractivity contribution in [1.82, 2.24) is 4.90 Å². The van der Waals surface area contributed by atoms with Crippen molar-refractivity contribution in [1.29, 1.82) is 0 Å². The number of sulfone groups is 1. The molecule has 0 aliphatic carbocycles. The third kappa shape index (κ3) is 4.44. The molecular formula is C14H22N2O4S. The number of nitrogen functional groups attached to an aromatic ring is 1. The standard InChI is InChI=1S/C14H22N2O4S/c1-5-16(10(2)9-20-3)14(17)11-6-12(15)8-13(7-11)21(4,18)19/h6-8,10H,5,9,15H2,1-4H3. The highest BCUT2D eigenvalue weighted by Crippen LogP contribution is 2.19. The number of carbonyl (C=O) groups is 1. The van der Waals surface area contributed by atoms with Crippen LogP contribution in [0.3, 0.4) is 0 Å². The van der Waals surface area contributed by atoms with Crippen molar-refractivity contribution >= 4 is 21.4 Å². The summed E-state index contributed by atoms with van der Waals surface area (Å²) in [7, 11) is -1.85. The van der Waals surface area contributed by atoms with E-state index < -0.39 is 9.84 Å². The summed E-state index contributed by atoms with van der Waals surface area (Å²) in [6, 6.07) is 4.08. The topological polar surface area (TPSA) is 89.7 Å². The second-order valence-corrected chi connectivity index (χ2v) is 6.97. The fourth-order valence-corrected chi connectivity index (χ4v) is 2.80. The van der Waals surface area contributed by atoms with Crippen LogP contribution in [0.25, 0.3) is 0 Å². The molecule has 0 saturated heterocycles. The highest BCUT2D eigenvalue weighted by Gasteiger charge is 2.21. The number of hydrogen-bond donors (Lipinski definition) is 1. The Bertz CT molecular complexity index is 613. The van der Waals surface area contributed by atoms with Crippen molar-refractivity contribution in [3.63, 3.8) is 0 Å². The Kier molecular flexibility index (Phi) is 5.74. The summed E-state index contributed by atoms with van der Waals surface area (Å²) >= 11 is 0. The van der Waals surface area contributed by atoms with E-state index in [1.54, 1.807) is 12.0 Å². The van der Waals surface area contributed by atoms with E-state index in [0.29, 0.717) is 13.2 Å². The molecule has 1 aromatic carbocycles. The van der Waals surface area contributed by atoms with Gasteiger partial charge in [-0.25, -0.2) is 8.42 Å². The molecule has 0 saturated carbocycles. The molecule has 7 heteroatoms. The maximum atomic E-state index is 12.5. The third-order valence-corrected chi connectivity index (χ3v) is 4.24. The fourth-order valence-electron chi connectivity index (χ4n) is 2.11. The first kappa shape index (κ1) is 17.5. The summed E-state index contributed by atoms with van der Waals surface area (Å²) in [5.74, 6) is -0.265. The monoisotopic (exact) mass is 314 g/mol. The molecule has 0 fully saturated rings. The Morgan fingerprint density at radius 3 is 2.48 bits per heavy atom. The first-order chi connectivity index (χ1) is 9.70. The second kappa shape index (κ2) is 6.91. The minimum atomic E-state index is -3.42. The molecule has 1 amide bonds. The number of carbonyl (C=O) groups excluding carboxylic acids is 1. The van der Waals surface area contributed by atoms with Crippen molar-refractivity contribution < 1.29 is 17.9 Å². The molecule has 6 nitrogen and oxygen atoms in total. The normalized spacial score (nSPS) is 13.0.